The lowest BCUT2D eigenvalue weighted by atomic mass is 9.95. The molecule has 0 fully saturated rings. The molecule has 0 saturated heterocycles. The first kappa shape index (κ1) is 15.2. The Morgan fingerprint density at radius 1 is 0.762 bits per heavy atom. The van der Waals surface area contributed by atoms with E-state index in [1.165, 1.54) is 27.1 Å². The van der Waals surface area contributed by atoms with Crippen LogP contribution in [0.2, 0.25) is 6.04 Å². The molecule has 0 N–H and O–H groups in total. The van der Waals surface area contributed by atoms with E-state index in [1.807, 2.05) is 0 Å². The second-order valence-corrected chi connectivity index (χ2v) is 14.5. The largest absolute Gasteiger partial charge is 0.341 e. The van der Waals surface area contributed by atoms with Gasteiger partial charge in [-0.05, 0) is 46.0 Å². The molecule has 0 nitrogen and oxygen atoms in total. The van der Waals surface area contributed by atoms with Crippen molar-refractivity contribution in [2.45, 2.75) is 18.9 Å². The summed E-state index contributed by atoms with van der Waals surface area (Å²) in [6.45, 7) is 0. The van der Waals surface area contributed by atoms with Crippen LogP contribution < -0.4 is 0 Å². The van der Waals surface area contributed by atoms with E-state index in [0.717, 1.165) is 12.8 Å². The topological polar surface area (TPSA) is 0 Å². The summed E-state index contributed by atoms with van der Waals surface area (Å²) in [5.74, 6) is 0. The Morgan fingerprint density at radius 2 is 1.38 bits per heavy atom. The van der Waals surface area contributed by atoms with Crippen molar-refractivity contribution in [2.24, 2.45) is 0 Å². The molecule has 4 heteroatoms. The van der Waals surface area contributed by atoms with E-state index in [2.05, 4.69) is 54.6 Å². The third-order valence-electron chi connectivity index (χ3n) is 3.76. The summed E-state index contributed by atoms with van der Waals surface area (Å²) in [6.07, 6.45) is 1.87. The molecule has 0 aliphatic carbocycles. The lowest BCUT2D eigenvalue weighted by Gasteiger charge is -2.12. The molecule has 0 spiro atoms. The Hall–Kier alpha value is -0.733. The van der Waals surface area contributed by atoms with E-state index < -0.39 is 6.00 Å². The first-order chi connectivity index (χ1) is 10.0. The molecule has 0 aromatic heterocycles. The second-order valence-electron chi connectivity index (χ2n) is 5.27. The van der Waals surface area contributed by atoms with Crippen molar-refractivity contribution in [1.29, 1.82) is 0 Å². The van der Waals surface area contributed by atoms with Crippen LogP contribution in [-0.2, 0) is 6.42 Å². The smallest absolute Gasteiger partial charge is 0.126 e. The van der Waals surface area contributed by atoms with Crippen molar-refractivity contribution >= 4 is 60.8 Å². The third kappa shape index (κ3) is 3.54. The summed E-state index contributed by atoms with van der Waals surface area (Å²) in [5.41, 5.74) is 1.34. The normalized spacial score (nSPS) is 12.1. The van der Waals surface area contributed by atoms with E-state index in [9.17, 15) is 0 Å². The lowest BCUT2D eigenvalue weighted by molar-refractivity contribution is 0.923. The standard InChI is InChI=1S/C17H15Cl3Si/c18-21(19,20)11-5-7-14-12-13-6-1-2-8-15(13)17-10-4-3-9-16(14)17/h1-4,6,8-10,12H,5,7,11H2. The van der Waals surface area contributed by atoms with Crippen molar-refractivity contribution in [3.8, 4) is 0 Å². The zero-order valence-electron chi connectivity index (χ0n) is 11.5. The summed E-state index contributed by atoms with van der Waals surface area (Å²) in [5, 5.41) is 5.18. The molecule has 0 radical (unpaired) electrons. The van der Waals surface area contributed by atoms with Crippen LogP contribution in [0.5, 0.6) is 0 Å². The molecular formula is C17H15Cl3Si. The maximum atomic E-state index is 5.98. The van der Waals surface area contributed by atoms with Gasteiger partial charge in [0, 0.05) is 0 Å². The van der Waals surface area contributed by atoms with Crippen LogP contribution in [0.4, 0.5) is 0 Å². The van der Waals surface area contributed by atoms with Gasteiger partial charge >= 0.3 is 6.00 Å². The van der Waals surface area contributed by atoms with Gasteiger partial charge in [-0.2, -0.15) is 0 Å². The fourth-order valence-electron chi connectivity index (χ4n) is 2.82. The van der Waals surface area contributed by atoms with Gasteiger partial charge in [0.15, 0.2) is 0 Å². The molecule has 3 aromatic carbocycles. The Balaban J connectivity index is 2.04. The average molecular weight is 354 g/mol. The molecule has 0 amide bonds. The second kappa shape index (κ2) is 6.17. The first-order valence-electron chi connectivity index (χ1n) is 7.01. The van der Waals surface area contributed by atoms with E-state index in [1.54, 1.807) is 0 Å². The minimum absolute atomic E-state index is 0.707. The number of benzene rings is 3. The van der Waals surface area contributed by atoms with Crippen molar-refractivity contribution in [1.82, 2.24) is 0 Å². The average Bonchev–Trinajstić information content (AvgIpc) is 2.46. The zero-order chi connectivity index (χ0) is 14.9. The minimum atomic E-state index is -2.52. The van der Waals surface area contributed by atoms with Crippen LogP contribution in [0.15, 0.2) is 54.6 Å². The van der Waals surface area contributed by atoms with Gasteiger partial charge in [-0.15, -0.1) is 33.2 Å². The number of rotatable bonds is 4. The summed E-state index contributed by atoms with van der Waals surface area (Å²) in [7, 11) is 0. The Bertz CT molecular complexity index is 778. The summed E-state index contributed by atoms with van der Waals surface area (Å²) in [6, 6.07) is 17.5. The van der Waals surface area contributed by atoms with Crippen molar-refractivity contribution in [3.63, 3.8) is 0 Å². The van der Waals surface area contributed by atoms with Crippen molar-refractivity contribution in [3.05, 3.63) is 60.2 Å². The quantitative estimate of drug-likeness (QED) is 0.282. The highest BCUT2D eigenvalue weighted by Gasteiger charge is 2.23. The maximum Gasteiger partial charge on any atom is 0.341 e. The molecule has 0 atom stereocenters. The van der Waals surface area contributed by atoms with Crippen molar-refractivity contribution in [2.75, 3.05) is 0 Å². The molecule has 0 unspecified atom stereocenters. The SMILES string of the molecule is Cl[Si](Cl)(Cl)CCCc1cc2ccccc2c2ccccc12. The molecule has 21 heavy (non-hydrogen) atoms. The van der Waals surface area contributed by atoms with Crippen LogP contribution in [-0.4, -0.2) is 6.00 Å². The van der Waals surface area contributed by atoms with Crippen LogP contribution in [0, 0.1) is 0 Å². The molecule has 0 saturated carbocycles. The summed E-state index contributed by atoms with van der Waals surface area (Å²) < 4.78 is 0. The molecule has 0 heterocycles. The van der Waals surface area contributed by atoms with Gasteiger partial charge in [0.25, 0.3) is 0 Å². The first-order valence-corrected chi connectivity index (χ1v) is 12.2. The van der Waals surface area contributed by atoms with Gasteiger partial charge in [0.1, 0.15) is 0 Å². The number of fused-ring (bicyclic) bond motifs is 3. The number of halogens is 3. The van der Waals surface area contributed by atoms with Gasteiger partial charge in [-0.1, -0.05) is 54.6 Å². The van der Waals surface area contributed by atoms with Gasteiger partial charge in [0.05, 0.1) is 0 Å². The molecule has 3 rings (SSSR count). The predicted molar refractivity (Wildman–Crippen MR) is 97.9 cm³/mol. The highest BCUT2D eigenvalue weighted by Crippen LogP contribution is 2.31. The molecule has 108 valence electrons. The summed E-state index contributed by atoms with van der Waals surface area (Å²) in [4.78, 5) is 0. The number of hydrogen-bond acceptors (Lipinski definition) is 0. The van der Waals surface area contributed by atoms with Gasteiger partial charge in [-0.25, -0.2) is 0 Å². The van der Waals surface area contributed by atoms with Crippen molar-refractivity contribution < 1.29 is 0 Å². The Morgan fingerprint density at radius 3 is 2.10 bits per heavy atom. The van der Waals surface area contributed by atoms with E-state index in [-0.39, 0.29) is 0 Å². The lowest BCUT2D eigenvalue weighted by Crippen LogP contribution is -2.08. The number of aryl methyl sites for hydroxylation is 1. The predicted octanol–water partition coefficient (Wildman–Crippen LogP) is 6.58. The van der Waals surface area contributed by atoms with E-state index >= 15 is 0 Å². The fourth-order valence-corrected chi connectivity index (χ4v) is 4.60. The van der Waals surface area contributed by atoms with Gasteiger partial charge < -0.3 is 0 Å². The highest BCUT2D eigenvalue weighted by molar-refractivity contribution is 7.64. The van der Waals surface area contributed by atoms with Gasteiger partial charge in [0.2, 0.25) is 0 Å². The summed E-state index contributed by atoms with van der Waals surface area (Å²) >= 11 is 17.9. The molecule has 3 aromatic rings. The Labute approximate surface area is 139 Å². The molecular weight excluding hydrogens is 339 g/mol. The zero-order valence-corrected chi connectivity index (χ0v) is 14.7. The van der Waals surface area contributed by atoms with Crippen LogP contribution >= 0.6 is 33.2 Å². The molecule has 0 bridgehead atoms. The third-order valence-corrected chi connectivity index (χ3v) is 6.38. The van der Waals surface area contributed by atoms with Crippen LogP contribution in [0.25, 0.3) is 21.5 Å². The number of hydrogen-bond donors (Lipinski definition) is 0. The van der Waals surface area contributed by atoms with Crippen LogP contribution in [0.1, 0.15) is 12.0 Å². The van der Waals surface area contributed by atoms with E-state index in [4.69, 9.17) is 33.2 Å². The minimum Gasteiger partial charge on any atom is -0.126 e. The monoisotopic (exact) mass is 352 g/mol. The fraction of sp³-hybridized carbons (Fsp3) is 0.176. The van der Waals surface area contributed by atoms with E-state index in [0.29, 0.717) is 6.04 Å². The molecule has 0 aliphatic heterocycles. The van der Waals surface area contributed by atoms with Crippen LogP contribution in [0.3, 0.4) is 0 Å². The Kier molecular flexibility index (Phi) is 4.46. The van der Waals surface area contributed by atoms with Gasteiger partial charge in [-0.3, -0.25) is 0 Å². The molecule has 0 aliphatic rings. The maximum absolute atomic E-state index is 5.98. The highest BCUT2D eigenvalue weighted by atomic mass is 35.8.